The maximum Gasteiger partial charge on any atom is 0.511 e. The normalized spacial score (nSPS) is 28.7. The summed E-state index contributed by atoms with van der Waals surface area (Å²) in [6.45, 7) is -0.118. The van der Waals surface area contributed by atoms with E-state index in [-0.39, 0.29) is 18.4 Å². The number of esters is 2. The molecule has 128 valence electrons. The Morgan fingerprint density at radius 3 is 2.09 bits per heavy atom. The fourth-order valence-electron chi connectivity index (χ4n) is 2.73. The van der Waals surface area contributed by atoms with E-state index in [1.807, 2.05) is 6.08 Å². The Kier molecular flexibility index (Phi) is 4.95. The predicted molar refractivity (Wildman–Crippen MR) is 72.1 cm³/mol. The largest absolute Gasteiger partial charge is 0.511 e. The van der Waals surface area contributed by atoms with Crippen LogP contribution in [-0.2, 0) is 24.3 Å². The number of allylic oxidation sites excluding steroid dienone is 2. The first-order valence-electron chi connectivity index (χ1n) is 6.76. The molecule has 10 heteroatoms. The molecule has 1 N–H and O–H groups in total. The number of sulfonamides is 1. The van der Waals surface area contributed by atoms with Crippen LogP contribution >= 0.6 is 0 Å². The van der Waals surface area contributed by atoms with E-state index in [1.54, 1.807) is 4.72 Å². The third-order valence-corrected chi connectivity index (χ3v) is 4.97. The van der Waals surface area contributed by atoms with Crippen LogP contribution in [0.15, 0.2) is 24.3 Å². The Morgan fingerprint density at radius 2 is 1.74 bits per heavy atom. The molecule has 3 unspecified atom stereocenters. The third-order valence-electron chi connectivity index (χ3n) is 3.81. The first kappa shape index (κ1) is 17.7. The molecule has 2 bridgehead atoms. The molecule has 23 heavy (non-hydrogen) atoms. The molecule has 0 aromatic rings. The molecule has 0 aromatic carbocycles. The summed E-state index contributed by atoms with van der Waals surface area (Å²) in [5.41, 5.74) is -5.21. The van der Waals surface area contributed by atoms with Gasteiger partial charge >= 0.3 is 27.5 Å². The molecule has 6 nitrogen and oxygen atoms in total. The van der Waals surface area contributed by atoms with Gasteiger partial charge in [-0.3, -0.25) is 0 Å². The number of hydrogen-bond donors (Lipinski definition) is 1. The Labute approximate surface area is 130 Å². The van der Waals surface area contributed by atoms with Crippen LogP contribution in [0.5, 0.6) is 0 Å². The summed E-state index contributed by atoms with van der Waals surface area (Å²) in [4.78, 5) is 19.8. The zero-order valence-electron chi connectivity index (χ0n) is 11.7. The maximum absolute atomic E-state index is 12.0. The van der Waals surface area contributed by atoms with Gasteiger partial charge < -0.3 is 4.74 Å². The summed E-state index contributed by atoms with van der Waals surface area (Å²) in [6.07, 6.45) is 7.92. The number of ether oxygens (including phenoxy) is 1. The number of fused-ring (bicyclic) bond motifs is 2. The molecule has 2 aliphatic carbocycles. The SMILES string of the molecule is O=C1C=CC(=O)O1.O=S(=O)(NCC1CC2C=CC1C2)C(F)(F)F. The minimum atomic E-state index is -5.21. The molecule has 0 radical (unpaired) electrons. The molecule has 3 rings (SSSR count). The lowest BCUT2D eigenvalue weighted by Gasteiger charge is -2.18. The van der Waals surface area contributed by atoms with Gasteiger partial charge in [-0.15, -0.1) is 0 Å². The number of alkyl halides is 3. The predicted octanol–water partition coefficient (Wildman–Crippen LogP) is 1.26. The molecule has 0 saturated heterocycles. The highest BCUT2D eigenvalue weighted by Crippen LogP contribution is 2.43. The van der Waals surface area contributed by atoms with Crippen molar-refractivity contribution in [1.82, 2.24) is 4.72 Å². The van der Waals surface area contributed by atoms with Crippen molar-refractivity contribution < 1.29 is 35.9 Å². The smallest absolute Gasteiger partial charge is 0.387 e. The monoisotopic (exact) mass is 353 g/mol. The van der Waals surface area contributed by atoms with E-state index in [1.165, 1.54) is 0 Å². The van der Waals surface area contributed by atoms with Gasteiger partial charge in [-0.1, -0.05) is 12.2 Å². The van der Waals surface area contributed by atoms with Crippen molar-refractivity contribution >= 4 is 22.0 Å². The molecule has 1 fully saturated rings. The van der Waals surface area contributed by atoms with Gasteiger partial charge in [-0.2, -0.15) is 13.2 Å². The van der Waals surface area contributed by atoms with Gasteiger partial charge in [0.1, 0.15) is 0 Å². The second-order valence-electron chi connectivity index (χ2n) is 5.41. The average Bonchev–Trinajstić information content (AvgIpc) is 3.13. The van der Waals surface area contributed by atoms with E-state index in [0.29, 0.717) is 5.92 Å². The summed E-state index contributed by atoms with van der Waals surface area (Å²) in [5.74, 6) is -0.492. The van der Waals surface area contributed by atoms with Crippen molar-refractivity contribution in [3.63, 3.8) is 0 Å². The van der Waals surface area contributed by atoms with Crippen molar-refractivity contribution in [3.05, 3.63) is 24.3 Å². The second-order valence-corrected chi connectivity index (χ2v) is 7.17. The van der Waals surface area contributed by atoms with Crippen LogP contribution in [-0.4, -0.2) is 32.4 Å². The van der Waals surface area contributed by atoms with Crippen LogP contribution in [0.2, 0.25) is 0 Å². The lowest BCUT2D eigenvalue weighted by molar-refractivity contribution is -0.150. The number of carbonyl (C=O) groups excluding carboxylic acids is 2. The summed E-state index contributed by atoms with van der Waals surface area (Å²) >= 11 is 0. The average molecular weight is 353 g/mol. The van der Waals surface area contributed by atoms with Gasteiger partial charge in [0.05, 0.1) is 0 Å². The van der Waals surface area contributed by atoms with Crippen LogP contribution < -0.4 is 4.72 Å². The molecule has 3 atom stereocenters. The highest BCUT2D eigenvalue weighted by atomic mass is 32.2. The zero-order valence-corrected chi connectivity index (χ0v) is 12.6. The van der Waals surface area contributed by atoms with Crippen LogP contribution in [0, 0.1) is 17.8 Å². The third kappa shape index (κ3) is 4.41. The number of cyclic esters (lactones) is 2. The number of rotatable bonds is 3. The molecule has 0 amide bonds. The standard InChI is InChI=1S/C9H12F3NO2S.C4H2O3/c10-9(11,12)16(14,15)13-5-8-4-6-1-2-7(8)3-6;5-3-1-2-4(6)7-3/h1-2,6-8,13H,3-5H2;1-2H. The minimum Gasteiger partial charge on any atom is -0.387 e. The maximum atomic E-state index is 12.0. The van der Waals surface area contributed by atoms with E-state index in [4.69, 9.17) is 0 Å². The van der Waals surface area contributed by atoms with Crippen molar-refractivity contribution in [3.8, 4) is 0 Å². The van der Waals surface area contributed by atoms with Crippen molar-refractivity contribution in [1.29, 1.82) is 0 Å². The molecular formula is C13H14F3NO5S. The summed E-state index contributed by atoms with van der Waals surface area (Å²) in [6, 6.07) is 0. The van der Waals surface area contributed by atoms with Gasteiger partial charge in [-0.25, -0.2) is 22.7 Å². The lowest BCUT2D eigenvalue weighted by atomic mass is 9.94. The second kappa shape index (κ2) is 6.44. The molecule has 1 heterocycles. The molecule has 3 aliphatic rings. The highest BCUT2D eigenvalue weighted by molar-refractivity contribution is 7.90. The molecule has 1 saturated carbocycles. The Hall–Kier alpha value is -1.68. The minimum absolute atomic E-state index is 0.00660. The molecule has 0 spiro atoms. The fourth-order valence-corrected chi connectivity index (χ4v) is 3.33. The zero-order chi connectivity index (χ0) is 17.3. The van der Waals surface area contributed by atoms with Crippen LogP contribution in [0.25, 0.3) is 0 Å². The van der Waals surface area contributed by atoms with E-state index in [2.05, 4.69) is 10.8 Å². The van der Waals surface area contributed by atoms with Crippen LogP contribution in [0.4, 0.5) is 13.2 Å². The van der Waals surface area contributed by atoms with Crippen molar-refractivity contribution in [2.75, 3.05) is 6.54 Å². The van der Waals surface area contributed by atoms with E-state index >= 15 is 0 Å². The summed E-state index contributed by atoms with van der Waals surface area (Å²) in [5, 5.41) is 0. The van der Waals surface area contributed by atoms with Gasteiger partial charge in [0.25, 0.3) is 0 Å². The lowest BCUT2D eigenvalue weighted by Crippen LogP contribution is -2.39. The number of halogens is 3. The number of hydrogen-bond acceptors (Lipinski definition) is 5. The molecule has 1 aliphatic heterocycles. The number of nitrogens with one attached hydrogen (secondary N) is 1. The highest BCUT2D eigenvalue weighted by Gasteiger charge is 2.46. The summed E-state index contributed by atoms with van der Waals surface area (Å²) in [7, 11) is -5.18. The van der Waals surface area contributed by atoms with Gasteiger partial charge in [0.15, 0.2) is 0 Å². The van der Waals surface area contributed by atoms with Gasteiger partial charge in [0.2, 0.25) is 0 Å². The van der Waals surface area contributed by atoms with E-state index < -0.39 is 27.5 Å². The van der Waals surface area contributed by atoms with E-state index in [9.17, 15) is 31.2 Å². The van der Waals surface area contributed by atoms with Gasteiger partial charge in [-0.05, 0) is 30.6 Å². The van der Waals surface area contributed by atoms with Crippen molar-refractivity contribution in [2.45, 2.75) is 18.3 Å². The van der Waals surface area contributed by atoms with Crippen LogP contribution in [0.1, 0.15) is 12.8 Å². The molecule has 0 aromatic heterocycles. The molecular weight excluding hydrogens is 339 g/mol. The Bertz CT molecular complexity index is 637. The topological polar surface area (TPSA) is 89.5 Å². The summed E-state index contributed by atoms with van der Waals surface area (Å²) < 4.78 is 63.2. The fraction of sp³-hybridized carbons (Fsp3) is 0.538. The quantitative estimate of drug-likeness (QED) is 0.469. The Morgan fingerprint density at radius 1 is 1.13 bits per heavy atom. The first-order valence-corrected chi connectivity index (χ1v) is 8.25. The van der Waals surface area contributed by atoms with Crippen LogP contribution in [0.3, 0.4) is 0 Å². The van der Waals surface area contributed by atoms with Crippen molar-refractivity contribution in [2.24, 2.45) is 17.8 Å². The first-order chi connectivity index (χ1) is 10.6. The van der Waals surface area contributed by atoms with Gasteiger partial charge in [0, 0.05) is 18.7 Å². The number of carbonyl (C=O) groups is 2. The Balaban J connectivity index is 0.000000229. The van der Waals surface area contributed by atoms with E-state index in [0.717, 1.165) is 25.0 Å².